The number of aromatic nitrogens is 1. The van der Waals surface area contributed by atoms with Crippen LogP contribution < -0.4 is 5.43 Å². The van der Waals surface area contributed by atoms with E-state index in [0.717, 1.165) is 24.2 Å². The number of pyridine rings is 1. The minimum atomic E-state index is 0.00697. The van der Waals surface area contributed by atoms with Crippen LogP contribution in [-0.2, 0) is 13.0 Å². The lowest BCUT2D eigenvalue weighted by Gasteiger charge is -2.14. The van der Waals surface area contributed by atoms with Crippen LogP contribution in [0, 0.1) is 0 Å². The van der Waals surface area contributed by atoms with Gasteiger partial charge in [-0.05, 0) is 35.2 Å². The molecule has 0 aliphatic rings. The molecule has 3 rings (SSSR count). The van der Waals surface area contributed by atoms with Crippen molar-refractivity contribution in [1.82, 2.24) is 4.57 Å². The Morgan fingerprint density at radius 3 is 2.22 bits per heavy atom. The summed E-state index contributed by atoms with van der Waals surface area (Å²) < 4.78 is 2.09. The van der Waals surface area contributed by atoms with E-state index in [4.69, 9.17) is 11.6 Å². The topological polar surface area (TPSA) is 22.0 Å². The number of benzene rings is 2. The summed E-state index contributed by atoms with van der Waals surface area (Å²) in [6, 6.07) is 19.4. The van der Waals surface area contributed by atoms with Gasteiger partial charge < -0.3 is 4.57 Å². The lowest BCUT2D eigenvalue weighted by atomic mass is 10.1. The number of nitrogens with zero attached hydrogens (tertiary/aromatic N) is 1. The fraction of sp³-hybridized carbons (Fsp3) is 0.150. The van der Waals surface area contributed by atoms with Crippen LogP contribution >= 0.6 is 11.6 Å². The molecule has 0 aliphatic heterocycles. The van der Waals surface area contributed by atoms with E-state index in [2.05, 4.69) is 35.8 Å². The van der Waals surface area contributed by atoms with E-state index in [9.17, 15) is 4.79 Å². The highest BCUT2D eigenvalue weighted by Gasteiger charge is 2.05. The van der Waals surface area contributed by atoms with Gasteiger partial charge in [0.1, 0.15) is 0 Å². The normalized spacial score (nSPS) is 10.7. The summed E-state index contributed by atoms with van der Waals surface area (Å²) in [6.45, 7) is 2.87. The van der Waals surface area contributed by atoms with Gasteiger partial charge in [0.25, 0.3) is 0 Å². The zero-order valence-electron chi connectivity index (χ0n) is 13.0. The van der Waals surface area contributed by atoms with E-state index < -0.39 is 0 Å². The van der Waals surface area contributed by atoms with Crippen LogP contribution in [0.4, 0.5) is 0 Å². The molecule has 3 aromatic rings. The van der Waals surface area contributed by atoms with Crippen molar-refractivity contribution in [2.75, 3.05) is 0 Å². The standard InChI is InChI=1S/C20H18ClNO/c1-2-15-3-5-16(6-4-15)14-22-12-11-19(23)13-20(22)17-7-9-18(21)10-8-17/h3-13H,2,14H2,1H3. The summed E-state index contributed by atoms with van der Waals surface area (Å²) in [5.41, 5.74) is 4.42. The van der Waals surface area contributed by atoms with Crippen molar-refractivity contribution >= 4 is 11.6 Å². The average Bonchev–Trinajstić information content (AvgIpc) is 2.58. The maximum absolute atomic E-state index is 11.8. The molecule has 0 unspecified atom stereocenters. The van der Waals surface area contributed by atoms with E-state index >= 15 is 0 Å². The quantitative estimate of drug-likeness (QED) is 0.677. The molecule has 0 fully saturated rings. The Bertz CT molecular complexity index is 848. The van der Waals surface area contributed by atoms with Crippen LogP contribution in [-0.4, -0.2) is 4.57 Å². The molecule has 0 amide bonds. The van der Waals surface area contributed by atoms with Gasteiger partial charge in [0.15, 0.2) is 5.43 Å². The molecule has 1 aromatic heterocycles. The van der Waals surface area contributed by atoms with Crippen molar-refractivity contribution in [3.63, 3.8) is 0 Å². The van der Waals surface area contributed by atoms with Crippen LogP contribution in [0.15, 0.2) is 71.7 Å². The van der Waals surface area contributed by atoms with Gasteiger partial charge in [0, 0.05) is 29.9 Å². The largest absolute Gasteiger partial charge is 0.343 e. The Balaban J connectivity index is 1.98. The second-order valence-corrected chi connectivity index (χ2v) is 5.99. The predicted octanol–water partition coefficient (Wildman–Crippen LogP) is 4.78. The van der Waals surface area contributed by atoms with E-state index in [0.29, 0.717) is 5.02 Å². The summed E-state index contributed by atoms with van der Waals surface area (Å²) in [6.07, 6.45) is 2.88. The van der Waals surface area contributed by atoms with Gasteiger partial charge in [-0.25, -0.2) is 0 Å². The monoisotopic (exact) mass is 323 g/mol. The number of hydrogen-bond donors (Lipinski definition) is 0. The zero-order valence-corrected chi connectivity index (χ0v) is 13.8. The molecule has 0 atom stereocenters. The van der Waals surface area contributed by atoms with E-state index in [1.165, 1.54) is 11.1 Å². The maximum atomic E-state index is 11.8. The van der Waals surface area contributed by atoms with Gasteiger partial charge in [0.05, 0.1) is 5.69 Å². The van der Waals surface area contributed by atoms with Crippen LogP contribution in [0.5, 0.6) is 0 Å². The molecule has 23 heavy (non-hydrogen) atoms. The highest BCUT2D eigenvalue weighted by atomic mass is 35.5. The summed E-state index contributed by atoms with van der Waals surface area (Å²) in [5, 5.41) is 0.689. The summed E-state index contributed by atoms with van der Waals surface area (Å²) in [4.78, 5) is 11.8. The van der Waals surface area contributed by atoms with Crippen molar-refractivity contribution in [3.05, 3.63) is 93.2 Å². The minimum absolute atomic E-state index is 0.00697. The van der Waals surface area contributed by atoms with E-state index in [1.54, 1.807) is 12.1 Å². The third-order valence-corrected chi connectivity index (χ3v) is 4.18. The minimum Gasteiger partial charge on any atom is -0.343 e. The van der Waals surface area contributed by atoms with E-state index in [1.807, 2.05) is 30.5 Å². The predicted molar refractivity (Wildman–Crippen MR) is 96.1 cm³/mol. The van der Waals surface area contributed by atoms with Gasteiger partial charge >= 0.3 is 0 Å². The second kappa shape index (κ2) is 6.84. The molecular weight excluding hydrogens is 306 g/mol. The van der Waals surface area contributed by atoms with Crippen molar-refractivity contribution in [3.8, 4) is 11.3 Å². The molecule has 0 aliphatic carbocycles. The number of halogens is 1. The number of rotatable bonds is 4. The highest BCUT2D eigenvalue weighted by Crippen LogP contribution is 2.21. The molecule has 1 heterocycles. The van der Waals surface area contributed by atoms with Crippen molar-refractivity contribution < 1.29 is 0 Å². The zero-order chi connectivity index (χ0) is 16.2. The van der Waals surface area contributed by atoms with E-state index in [-0.39, 0.29) is 5.43 Å². The van der Waals surface area contributed by atoms with Gasteiger partial charge in [-0.3, -0.25) is 4.79 Å². The van der Waals surface area contributed by atoms with Gasteiger partial charge in [0.2, 0.25) is 0 Å². The third-order valence-electron chi connectivity index (χ3n) is 3.93. The summed E-state index contributed by atoms with van der Waals surface area (Å²) in [7, 11) is 0. The Hall–Kier alpha value is -2.32. The molecule has 0 saturated heterocycles. The first-order valence-electron chi connectivity index (χ1n) is 7.70. The summed E-state index contributed by atoms with van der Waals surface area (Å²) in [5.74, 6) is 0. The molecule has 116 valence electrons. The Morgan fingerprint density at radius 1 is 0.913 bits per heavy atom. The number of hydrogen-bond acceptors (Lipinski definition) is 1. The Morgan fingerprint density at radius 2 is 1.57 bits per heavy atom. The third kappa shape index (κ3) is 3.72. The SMILES string of the molecule is CCc1ccc(Cn2ccc(=O)cc2-c2ccc(Cl)cc2)cc1. The molecule has 0 radical (unpaired) electrons. The van der Waals surface area contributed by atoms with Crippen molar-refractivity contribution in [2.45, 2.75) is 19.9 Å². The first kappa shape index (κ1) is 15.6. The lowest BCUT2D eigenvalue weighted by Crippen LogP contribution is -2.09. The lowest BCUT2D eigenvalue weighted by molar-refractivity contribution is 0.797. The smallest absolute Gasteiger partial charge is 0.182 e. The van der Waals surface area contributed by atoms with Gasteiger partial charge in [-0.15, -0.1) is 0 Å². The maximum Gasteiger partial charge on any atom is 0.182 e. The van der Waals surface area contributed by atoms with Crippen LogP contribution in [0.3, 0.4) is 0 Å². The molecule has 0 spiro atoms. The second-order valence-electron chi connectivity index (χ2n) is 5.55. The van der Waals surface area contributed by atoms with Crippen LogP contribution in [0.25, 0.3) is 11.3 Å². The molecule has 2 nitrogen and oxygen atoms in total. The van der Waals surface area contributed by atoms with Gasteiger partial charge in [-0.1, -0.05) is 54.9 Å². The molecule has 0 N–H and O–H groups in total. The molecule has 0 bridgehead atoms. The fourth-order valence-electron chi connectivity index (χ4n) is 2.59. The molecule has 3 heteroatoms. The van der Waals surface area contributed by atoms with Crippen molar-refractivity contribution in [1.29, 1.82) is 0 Å². The molecule has 0 saturated carbocycles. The fourth-order valence-corrected chi connectivity index (χ4v) is 2.72. The van der Waals surface area contributed by atoms with Gasteiger partial charge in [-0.2, -0.15) is 0 Å². The molecule has 2 aromatic carbocycles. The molecular formula is C20H18ClNO. The Labute approximate surface area is 141 Å². The first-order valence-corrected chi connectivity index (χ1v) is 8.08. The average molecular weight is 324 g/mol. The highest BCUT2D eigenvalue weighted by molar-refractivity contribution is 6.30. The van der Waals surface area contributed by atoms with Crippen molar-refractivity contribution in [2.24, 2.45) is 0 Å². The number of aryl methyl sites for hydroxylation is 1. The van der Waals surface area contributed by atoms with Crippen LogP contribution in [0.2, 0.25) is 5.02 Å². The van der Waals surface area contributed by atoms with Crippen LogP contribution in [0.1, 0.15) is 18.1 Å². The summed E-state index contributed by atoms with van der Waals surface area (Å²) >= 11 is 5.96. The Kier molecular flexibility index (Phi) is 4.63. The first-order chi connectivity index (χ1) is 11.2.